The SMILES string of the molecule is COC(C)(OC)C1C(=O)NC1C(C)C(=O)[O-]. The number of carboxylic acid groups (broad SMARTS) is 1. The van der Waals surface area contributed by atoms with Crippen molar-refractivity contribution in [1.82, 2.24) is 5.32 Å². The maximum atomic E-state index is 11.4. The van der Waals surface area contributed by atoms with Crippen molar-refractivity contribution in [2.24, 2.45) is 11.8 Å². The Balaban J connectivity index is 2.85. The Hall–Kier alpha value is -1.14. The van der Waals surface area contributed by atoms with Crippen molar-refractivity contribution in [3.63, 3.8) is 0 Å². The molecule has 1 aliphatic rings. The van der Waals surface area contributed by atoms with Crippen LogP contribution >= 0.6 is 0 Å². The number of hydrogen-bond acceptors (Lipinski definition) is 5. The first-order valence-electron chi connectivity index (χ1n) is 4.99. The van der Waals surface area contributed by atoms with Crippen LogP contribution in [0.5, 0.6) is 0 Å². The van der Waals surface area contributed by atoms with Crippen molar-refractivity contribution >= 4 is 11.9 Å². The molecule has 1 aliphatic heterocycles. The summed E-state index contributed by atoms with van der Waals surface area (Å²) in [6, 6.07) is -0.526. The summed E-state index contributed by atoms with van der Waals surface area (Å²) in [4.78, 5) is 22.2. The lowest BCUT2D eigenvalue weighted by Gasteiger charge is -2.48. The smallest absolute Gasteiger partial charge is 0.230 e. The first-order chi connectivity index (χ1) is 7.37. The lowest BCUT2D eigenvalue weighted by molar-refractivity contribution is -0.314. The molecule has 0 aliphatic carbocycles. The van der Waals surface area contributed by atoms with Crippen LogP contribution in [0.1, 0.15) is 13.8 Å². The molecule has 1 heterocycles. The molecule has 16 heavy (non-hydrogen) atoms. The number of methoxy groups -OCH3 is 2. The second kappa shape index (κ2) is 4.39. The molecule has 1 N–H and O–H groups in total. The van der Waals surface area contributed by atoms with Gasteiger partial charge in [-0.3, -0.25) is 4.79 Å². The summed E-state index contributed by atoms with van der Waals surface area (Å²) in [7, 11) is 2.83. The molecule has 92 valence electrons. The van der Waals surface area contributed by atoms with E-state index in [1.807, 2.05) is 0 Å². The summed E-state index contributed by atoms with van der Waals surface area (Å²) in [5, 5.41) is 13.3. The van der Waals surface area contributed by atoms with E-state index in [4.69, 9.17) is 9.47 Å². The number of aliphatic carboxylic acids is 1. The predicted octanol–water partition coefficient (Wildman–Crippen LogP) is -1.50. The minimum Gasteiger partial charge on any atom is -0.550 e. The summed E-state index contributed by atoms with van der Waals surface area (Å²) in [5.41, 5.74) is 0. The fraction of sp³-hybridized carbons (Fsp3) is 0.800. The molecule has 1 amide bonds. The van der Waals surface area contributed by atoms with Crippen LogP contribution in [0.4, 0.5) is 0 Å². The van der Waals surface area contributed by atoms with E-state index in [0.29, 0.717) is 0 Å². The largest absolute Gasteiger partial charge is 0.550 e. The number of nitrogens with one attached hydrogen (secondary N) is 1. The minimum atomic E-state index is -1.20. The van der Waals surface area contributed by atoms with Gasteiger partial charge in [0.15, 0.2) is 5.79 Å². The molecule has 0 bridgehead atoms. The fourth-order valence-corrected chi connectivity index (χ4v) is 1.87. The summed E-state index contributed by atoms with van der Waals surface area (Å²) in [5.74, 6) is -4.02. The van der Waals surface area contributed by atoms with E-state index in [9.17, 15) is 14.7 Å². The van der Waals surface area contributed by atoms with Gasteiger partial charge in [0.2, 0.25) is 5.91 Å². The molecule has 0 aromatic carbocycles. The molecule has 1 rings (SSSR count). The summed E-state index contributed by atoms with van der Waals surface area (Å²) >= 11 is 0. The average Bonchev–Trinajstić information content (AvgIpc) is 2.24. The van der Waals surface area contributed by atoms with Gasteiger partial charge in [0.05, 0.1) is 6.04 Å². The third kappa shape index (κ3) is 1.90. The van der Waals surface area contributed by atoms with E-state index in [-0.39, 0.29) is 5.91 Å². The molecule has 6 nitrogen and oxygen atoms in total. The molecule has 6 heteroatoms. The monoisotopic (exact) mass is 230 g/mol. The van der Waals surface area contributed by atoms with Crippen molar-refractivity contribution < 1.29 is 24.2 Å². The van der Waals surface area contributed by atoms with Gasteiger partial charge in [0.25, 0.3) is 0 Å². The van der Waals surface area contributed by atoms with Crippen LogP contribution in [0, 0.1) is 11.8 Å². The van der Waals surface area contributed by atoms with Crippen LogP contribution in [0.3, 0.4) is 0 Å². The zero-order chi connectivity index (χ0) is 12.5. The second-order valence-corrected chi connectivity index (χ2v) is 4.04. The van der Waals surface area contributed by atoms with Gasteiger partial charge in [-0.1, -0.05) is 6.92 Å². The number of carbonyl (C=O) groups is 2. The van der Waals surface area contributed by atoms with E-state index in [1.165, 1.54) is 21.1 Å². The molecule has 1 fully saturated rings. The Bertz CT molecular complexity index is 300. The van der Waals surface area contributed by atoms with Crippen molar-refractivity contribution in [3.8, 4) is 0 Å². The predicted molar refractivity (Wildman–Crippen MR) is 52.0 cm³/mol. The Kier molecular flexibility index (Phi) is 3.54. The van der Waals surface area contributed by atoms with E-state index in [1.54, 1.807) is 6.92 Å². The number of rotatable bonds is 5. The number of ether oxygens (including phenoxy) is 2. The highest BCUT2D eigenvalue weighted by Gasteiger charge is 2.54. The molecular formula is C10H16NO5-. The quantitative estimate of drug-likeness (QED) is 0.458. The Labute approximate surface area is 93.9 Å². The van der Waals surface area contributed by atoms with Crippen molar-refractivity contribution in [2.75, 3.05) is 14.2 Å². The molecule has 3 atom stereocenters. The van der Waals surface area contributed by atoms with Gasteiger partial charge in [-0.05, 0) is 6.92 Å². The molecule has 0 aromatic rings. The average molecular weight is 230 g/mol. The maximum Gasteiger partial charge on any atom is 0.230 e. The van der Waals surface area contributed by atoms with Gasteiger partial charge in [-0.25, -0.2) is 0 Å². The van der Waals surface area contributed by atoms with Crippen LogP contribution in [0.2, 0.25) is 0 Å². The van der Waals surface area contributed by atoms with Crippen LogP contribution in [0.25, 0.3) is 0 Å². The van der Waals surface area contributed by atoms with Gasteiger partial charge in [-0.15, -0.1) is 0 Å². The molecule has 0 aromatic heterocycles. The minimum absolute atomic E-state index is 0.274. The Morgan fingerprint density at radius 1 is 1.50 bits per heavy atom. The zero-order valence-electron chi connectivity index (χ0n) is 9.77. The standard InChI is InChI=1S/C10H17NO5/c1-5(9(13)14)7-6(8(12)11-7)10(2,15-3)16-4/h5-7H,1-4H3,(H,11,12)(H,13,14)/p-1. The Morgan fingerprint density at radius 3 is 2.31 bits per heavy atom. The van der Waals surface area contributed by atoms with E-state index >= 15 is 0 Å². The number of carboxylic acids is 1. The highest BCUT2D eigenvalue weighted by atomic mass is 16.7. The van der Waals surface area contributed by atoms with Crippen LogP contribution < -0.4 is 10.4 Å². The molecule has 0 spiro atoms. The van der Waals surface area contributed by atoms with Crippen LogP contribution in [0.15, 0.2) is 0 Å². The number of amides is 1. The van der Waals surface area contributed by atoms with E-state index < -0.39 is 29.6 Å². The van der Waals surface area contributed by atoms with Gasteiger partial charge in [0, 0.05) is 26.1 Å². The van der Waals surface area contributed by atoms with Crippen molar-refractivity contribution in [3.05, 3.63) is 0 Å². The maximum absolute atomic E-state index is 11.4. The second-order valence-electron chi connectivity index (χ2n) is 4.04. The normalized spacial score (nSPS) is 26.9. The Morgan fingerprint density at radius 2 is 2.00 bits per heavy atom. The highest BCUT2D eigenvalue weighted by molar-refractivity contribution is 5.88. The van der Waals surface area contributed by atoms with Gasteiger partial charge in [0.1, 0.15) is 5.92 Å². The lowest BCUT2D eigenvalue weighted by atomic mass is 9.77. The van der Waals surface area contributed by atoms with E-state index in [0.717, 1.165) is 0 Å². The van der Waals surface area contributed by atoms with Gasteiger partial charge in [-0.2, -0.15) is 0 Å². The summed E-state index contributed by atoms with van der Waals surface area (Å²) in [6.07, 6.45) is 0. The van der Waals surface area contributed by atoms with Crippen LogP contribution in [-0.4, -0.2) is 37.9 Å². The summed E-state index contributed by atoms with van der Waals surface area (Å²) in [6.45, 7) is 3.09. The third-order valence-electron chi connectivity index (χ3n) is 3.24. The molecule has 3 unspecified atom stereocenters. The summed E-state index contributed by atoms with van der Waals surface area (Å²) < 4.78 is 10.3. The van der Waals surface area contributed by atoms with Crippen LogP contribution in [-0.2, 0) is 19.1 Å². The third-order valence-corrected chi connectivity index (χ3v) is 3.24. The molecule has 0 saturated carbocycles. The number of β-lactam (4-membered cyclic amide) rings is 1. The lowest BCUT2D eigenvalue weighted by Crippen LogP contribution is -2.70. The van der Waals surface area contributed by atoms with E-state index in [2.05, 4.69) is 5.32 Å². The first kappa shape index (κ1) is 12.9. The van der Waals surface area contributed by atoms with Gasteiger partial charge >= 0.3 is 0 Å². The van der Waals surface area contributed by atoms with Crippen molar-refractivity contribution in [2.45, 2.75) is 25.7 Å². The zero-order valence-corrected chi connectivity index (χ0v) is 9.77. The topological polar surface area (TPSA) is 87.7 Å². The first-order valence-corrected chi connectivity index (χ1v) is 4.99. The molecule has 1 saturated heterocycles. The fourth-order valence-electron chi connectivity index (χ4n) is 1.87. The number of carbonyl (C=O) groups excluding carboxylic acids is 2. The number of hydrogen-bond donors (Lipinski definition) is 1. The van der Waals surface area contributed by atoms with Crippen molar-refractivity contribution in [1.29, 1.82) is 0 Å². The molecule has 0 radical (unpaired) electrons. The molecular weight excluding hydrogens is 214 g/mol. The van der Waals surface area contributed by atoms with Gasteiger partial charge < -0.3 is 24.7 Å². The highest BCUT2D eigenvalue weighted by Crippen LogP contribution is 2.34.